The number of hydrogen-bond donors (Lipinski definition) is 2. The average Bonchev–Trinajstić information content (AvgIpc) is 2.33. The van der Waals surface area contributed by atoms with Crippen LogP contribution in [0.25, 0.3) is 0 Å². The van der Waals surface area contributed by atoms with Crippen molar-refractivity contribution in [3.05, 3.63) is 23.8 Å². The molecule has 0 spiro atoms. The molecule has 3 heteroatoms. The molecular formula is C15H26N2O. The fourth-order valence-electron chi connectivity index (χ4n) is 1.88. The molecule has 0 aliphatic heterocycles. The standard InChI is InChI=1S/C15H26N2O/c1-6-16-9-10-17-12-7-8-14(18-5)13(11-12)15(2,3)4/h7-8,11,16-17H,6,9-10H2,1-5H3. The lowest BCUT2D eigenvalue weighted by atomic mass is 9.86. The van der Waals surface area contributed by atoms with Crippen molar-refractivity contribution >= 4 is 5.69 Å². The van der Waals surface area contributed by atoms with E-state index >= 15 is 0 Å². The quantitative estimate of drug-likeness (QED) is 0.761. The van der Waals surface area contributed by atoms with Crippen LogP contribution >= 0.6 is 0 Å². The molecule has 0 aliphatic rings. The van der Waals surface area contributed by atoms with Crippen molar-refractivity contribution in [1.29, 1.82) is 0 Å². The van der Waals surface area contributed by atoms with Gasteiger partial charge < -0.3 is 15.4 Å². The van der Waals surface area contributed by atoms with Crippen LogP contribution in [0, 0.1) is 0 Å². The van der Waals surface area contributed by atoms with Gasteiger partial charge in [0, 0.05) is 24.3 Å². The van der Waals surface area contributed by atoms with E-state index < -0.39 is 0 Å². The zero-order valence-corrected chi connectivity index (χ0v) is 12.3. The summed E-state index contributed by atoms with van der Waals surface area (Å²) in [6, 6.07) is 6.29. The van der Waals surface area contributed by atoms with Gasteiger partial charge in [-0.3, -0.25) is 0 Å². The topological polar surface area (TPSA) is 33.3 Å². The van der Waals surface area contributed by atoms with E-state index in [1.54, 1.807) is 7.11 Å². The summed E-state index contributed by atoms with van der Waals surface area (Å²) in [6.07, 6.45) is 0. The highest BCUT2D eigenvalue weighted by Crippen LogP contribution is 2.33. The number of benzene rings is 1. The Morgan fingerprint density at radius 3 is 2.44 bits per heavy atom. The maximum absolute atomic E-state index is 5.43. The molecule has 3 nitrogen and oxygen atoms in total. The lowest BCUT2D eigenvalue weighted by molar-refractivity contribution is 0.397. The second-order valence-corrected chi connectivity index (χ2v) is 5.45. The van der Waals surface area contributed by atoms with Crippen molar-refractivity contribution < 1.29 is 4.74 Å². The molecule has 0 atom stereocenters. The lowest BCUT2D eigenvalue weighted by Crippen LogP contribution is -2.22. The molecule has 18 heavy (non-hydrogen) atoms. The maximum atomic E-state index is 5.43. The molecule has 1 aromatic carbocycles. The Morgan fingerprint density at radius 1 is 1.17 bits per heavy atom. The second kappa shape index (κ2) is 6.64. The first-order chi connectivity index (χ1) is 8.49. The lowest BCUT2D eigenvalue weighted by Gasteiger charge is -2.23. The molecule has 0 aromatic heterocycles. The predicted octanol–water partition coefficient (Wildman–Crippen LogP) is 3.01. The van der Waals surface area contributed by atoms with E-state index in [-0.39, 0.29) is 5.41 Å². The SMILES string of the molecule is CCNCCNc1ccc(OC)c(C(C)(C)C)c1. The van der Waals surface area contributed by atoms with E-state index in [1.165, 1.54) is 5.56 Å². The third-order valence-corrected chi connectivity index (χ3v) is 2.89. The minimum atomic E-state index is 0.0880. The third kappa shape index (κ3) is 4.22. The molecule has 0 saturated heterocycles. The zero-order chi connectivity index (χ0) is 13.6. The molecule has 2 N–H and O–H groups in total. The largest absolute Gasteiger partial charge is 0.496 e. The fraction of sp³-hybridized carbons (Fsp3) is 0.600. The summed E-state index contributed by atoms with van der Waals surface area (Å²) < 4.78 is 5.43. The van der Waals surface area contributed by atoms with Crippen molar-refractivity contribution in [2.75, 3.05) is 32.1 Å². The van der Waals surface area contributed by atoms with Crippen LogP contribution in [0.2, 0.25) is 0 Å². The Hall–Kier alpha value is -1.22. The summed E-state index contributed by atoms with van der Waals surface area (Å²) in [4.78, 5) is 0. The third-order valence-electron chi connectivity index (χ3n) is 2.89. The van der Waals surface area contributed by atoms with Crippen molar-refractivity contribution in [2.24, 2.45) is 0 Å². The van der Waals surface area contributed by atoms with Crippen LogP contribution < -0.4 is 15.4 Å². The number of anilines is 1. The molecule has 1 aromatic rings. The maximum Gasteiger partial charge on any atom is 0.122 e. The molecule has 0 amide bonds. The first-order valence-electron chi connectivity index (χ1n) is 6.62. The molecule has 0 unspecified atom stereocenters. The molecule has 0 heterocycles. The highest BCUT2D eigenvalue weighted by atomic mass is 16.5. The summed E-state index contributed by atoms with van der Waals surface area (Å²) in [7, 11) is 1.73. The van der Waals surface area contributed by atoms with Crippen LogP contribution in [0.15, 0.2) is 18.2 Å². The van der Waals surface area contributed by atoms with E-state index in [0.717, 1.165) is 31.1 Å². The number of nitrogens with one attached hydrogen (secondary N) is 2. The first kappa shape index (κ1) is 14.8. The Bertz CT molecular complexity index is 369. The van der Waals surface area contributed by atoms with E-state index in [1.807, 2.05) is 6.07 Å². The number of hydrogen-bond acceptors (Lipinski definition) is 3. The summed E-state index contributed by atoms with van der Waals surface area (Å²) in [5, 5.41) is 6.72. The Labute approximate surface area is 111 Å². The minimum absolute atomic E-state index is 0.0880. The Kier molecular flexibility index (Phi) is 5.48. The van der Waals surface area contributed by atoms with Crippen molar-refractivity contribution in [3.63, 3.8) is 0 Å². The Balaban J connectivity index is 2.77. The van der Waals surface area contributed by atoms with Gasteiger partial charge in [-0.25, -0.2) is 0 Å². The number of methoxy groups -OCH3 is 1. The van der Waals surface area contributed by atoms with Crippen LogP contribution in [0.3, 0.4) is 0 Å². The second-order valence-electron chi connectivity index (χ2n) is 5.45. The van der Waals surface area contributed by atoms with Crippen LogP contribution in [-0.2, 0) is 5.41 Å². The van der Waals surface area contributed by atoms with Gasteiger partial charge in [-0.2, -0.15) is 0 Å². The van der Waals surface area contributed by atoms with Crippen LogP contribution in [0.5, 0.6) is 5.75 Å². The van der Waals surface area contributed by atoms with Gasteiger partial charge in [0.1, 0.15) is 5.75 Å². The van der Waals surface area contributed by atoms with Gasteiger partial charge in [0.2, 0.25) is 0 Å². The van der Waals surface area contributed by atoms with E-state index in [2.05, 4.69) is 50.5 Å². The van der Waals surface area contributed by atoms with Crippen LogP contribution in [0.4, 0.5) is 5.69 Å². The minimum Gasteiger partial charge on any atom is -0.496 e. The van der Waals surface area contributed by atoms with Crippen LogP contribution in [0.1, 0.15) is 33.3 Å². The van der Waals surface area contributed by atoms with Crippen LogP contribution in [-0.4, -0.2) is 26.7 Å². The highest BCUT2D eigenvalue weighted by Gasteiger charge is 2.19. The van der Waals surface area contributed by atoms with Gasteiger partial charge in [0.15, 0.2) is 0 Å². The van der Waals surface area contributed by atoms with Gasteiger partial charge in [-0.1, -0.05) is 27.7 Å². The molecule has 0 aliphatic carbocycles. The molecule has 0 fully saturated rings. The van der Waals surface area contributed by atoms with E-state index in [9.17, 15) is 0 Å². The van der Waals surface area contributed by atoms with Gasteiger partial charge in [-0.15, -0.1) is 0 Å². The Morgan fingerprint density at radius 2 is 1.89 bits per heavy atom. The number of likely N-dealkylation sites (N-methyl/N-ethyl adjacent to an activating group) is 1. The summed E-state index contributed by atoms with van der Waals surface area (Å²) in [6.45, 7) is 11.6. The predicted molar refractivity (Wildman–Crippen MR) is 78.7 cm³/mol. The first-order valence-corrected chi connectivity index (χ1v) is 6.62. The molecule has 0 saturated carbocycles. The normalized spacial score (nSPS) is 11.4. The van der Waals surface area contributed by atoms with Gasteiger partial charge in [-0.05, 0) is 30.2 Å². The average molecular weight is 250 g/mol. The van der Waals surface area contributed by atoms with Crippen molar-refractivity contribution in [2.45, 2.75) is 33.1 Å². The monoisotopic (exact) mass is 250 g/mol. The number of rotatable bonds is 6. The summed E-state index contributed by atoms with van der Waals surface area (Å²) >= 11 is 0. The van der Waals surface area contributed by atoms with Gasteiger partial charge >= 0.3 is 0 Å². The van der Waals surface area contributed by atoms with E-state index in [0.29, 0.717) is 0 Å². The van der Waals surface area contributed by atoms with E-state index in [4.69, 9.17) is 4.74 Å². The molecular weight excluding hydrogens is 224 g/mol. The van der Waals surface area contributed by atoms with Crippen molar-refractivity contribution in [3.8, 4) is 5.75 Å². The van der Waals surface area contributed by atoms with Crippen molar-refractivity contribution in [1.82, 2.24) is 5.32 Å². The summed E-state index contributed by atoms with van der Waals surface area (Å²) in [5.74, 6) is 0.958. The molecule has 0 bridgehead atoms. The molecule has 102 valence electrons. The highest BCUT2D eigenvalue weighted by molar-refractivity contribution is 5.53. The molecule has 1 rings (SSSR count). The smallest absolute Gasteiger partial charge is 0.122 e. The zero-order valence-electron chi connectivity index (χ0n) is 12.3. The summed E-state index contributed by atoms with van der Waals surface area (Å²) in [5.41, 5.74) is 2.47. The number of ether oxygens (including phenoxy) is 1. The van der Waals surface area contributed by atoms with Gasteiger partial charge in [0.05, 0.1) is 7.11 Å². The fourth-order valence-corrected chi connectivity index (χ4v) is 1.88. The van der Waals surface area contributed by atoms with Gasteiger partial charge in [0.25, 0.3) is 0 Å². The molecule has 0 radical (unpaired) electrons.